The Morgan fingerprint density at radius 3 is 2.57 bits per heavy atom. The van der Waals surface area contributed by atoms with Crippen LogP contribution < -0.4 is 0 Å². The van der Waals surface area contributed by atoms with Crippen molar-refractivity contribution in [1.82, 2.24) is 9.80 Å². The summed E-state index contributed by atoms with van der Waals surface area (Å²) in [5.74, 6) is 0.136. The molecule has 0 N–H and O–H groups in total. The molecule has 4 heteroatoms. The van der Waals surface area contributed by atoms with Crippen molar-refractivity contribution < 1.29 is 9.53 Å². The van der Waals surface area contributed by atoms with E-state index in [1.165, 1.54) is 12.7 Å². The molecule has 1 aromatic rings. The number of amides is 1. The predicted molar refractivity (Wildman–Crippen MR) is 93.1 cm³/mol. The van der Waals surface area contributed by atoms with E-state index in [2.05, 4.69) is 55.7 Å². The van der Waals surface area contributed by atoms with Crippen molar-refractivity contribution in [2.24, 2.45) is 0 Å². The average molecular weight is 316 g/mol. The standard InChI is InChI=1S/C19H28N2O2/c1-15-16(2)21(19(22)17(3)23-4)14-13-20(15)12-8-11-18-9-6-5-7-10-18/h5-7,9-10,15-16H,3,8,11-14H2,1-2,4H3. The summed E-state index contributed by atoms with van der Waals surface area (Å²) in [6.07, 6.45) is 2.24. The Bertz CT molecular complexity index is 529. The summed E-state index contributed by atoms with van der Waals surface area (Å²) < 4.78 is 4.99. The first kappa shape index (κ1) is 17.5. The third-order valence-corrected chi connectivity index (χ3v) is 4.89. The summed E-state index contributed by atoms with van der Waals surface area (Å²) in [4.78, 5) is 16.6. The van der Waals surface area contributed by atoms with Crippen LogP contribution in [0.1, 0.15) is 25.8 Å². The number of aryl methyl sites for hydroxylation is 1. The highest BCUT2D eigenvalue weighted by atomic mass is 16.5. The van der Waals surface area contributed by atoms with Gasteiger partial charge < -0.3 is 9.64 Å². The van der Waals surface area contributed by atoms with Gasteiger partial charge in [-0.1, -0.05) is 36.9 Å². The fourth-order valence-electron chi connectivity index (χ4n) is 3.19. The smallest absolute Gasteiger partial charge is 0.288 e. The molecule has 0 aromatic heterocycles. The van der Waals surface area contributed by atoms with Gasteiger partial charge in [0.1, 0.15) is 0 Å². The number of carbonyl (C=O) groups is 1. The molecular formula is C19H28N2O2. The topological polar surface area (TPSA) is 32.8 Å². The van der Waals surface area contributed by atoms with E-state index >= 15 is 0 Å². The molecule has 126 valence electrons. The number of methoxy groups -OCH3 is 1. The van der Waals surface area contributed by atoms with Crippen LogP contribution in [0.3, 0.4) is 0 Å². The van der Waals surface area contributed by atoms with Crippen LogP contribution in [0.5, 0.6) is 0 Å². The van der Waals surface area contributed by atoms with Crippen LogP contribution in [-0.2, 0) is 16.0 Å². The van der Waals surface area contributed by atoms with Gasteiger partial charge in [0.25, 0.3) is 5.91 Å². The zero-order valence-corrected chi connectivity index (χ0v) is 14.5. The Hall–Kier alpha value is -1.81. The van der Waals surface area contributed by atoms with Gasteiger partial charge in [-0.2, -0.15) is 0 Å². The first-order chi connectivity index (χ1) is 11.0. The Morgan fingerprint density at radius 1 is 1.22 bits per heavy atom. The van der Waals surface area contributed by atoms with Crippen molar-refractivity contribution in [2.75, 3.05) is 26.7 Å². The summed E-state index contributed by atoms with van der Waals surface area (Å²) >= 11 is 0. The van der Waals surface area contributed by atoms with Crippen LogP contribution >= 0.6 is 0 Å². The van der Waals surface area contributed by atoms with Crippen molar-refractivity contribution in [3.8, 4) is 0 Å². The minimum absolute atomic E-state index is 0.0872. The molecule has 2 atom stereocenters. The second-order valence-electron chi connectivity index (χ2n) is 6.23. The first-order valence-corrected chi connectivity index (χ1v) is 8.36. The van der Waals surface area contributed by atoms with Gasteiger partial charge in [-0.25, -0.2) is 0 Å². The number of nitrogens with zero attached hydrogens (tertiary/aromatic N) is 2. The van der Waals surface area contributed by atoms with E-state index in [4.69, 9.17) is 4.74 Å². The first-order valence-electron chi connectivity index (χ1n) is 8.36. The molecule has 1 saturated heterocycles. The monoisotopic (exact) mass is 316 g/mol. The van der Waals surface area contributed by atoms with Gasteiger partial charge in [0.15, 0.2) is 5.76 Å². The zero-order chi connectivity index (χ0) is 16.8. The Morgan fingerprint density at radius 2 is 1.91 bits per heavy atom. The number of carbonyl (C=O) groups excluding carboxylic acids is 1. The van der Waals surface area contributed by atoms with Crippen molar-refractivity contribution in [1.29, 1.82) is 0 Å². The Kier molecular flexibility index (Phi) is 6.22. The number of hydrogen-bond donors (Lipinski definition) is 0. The van der Waals surface area contributed by atoms with E-state index < -0.39 is 0 Å². The lowest BCUT2D eigenvalue weighted by Crippen LogP contribution is -2.59. The highest BCUT2D eigenvalue weighted by Crippen LogP contribution is 2.19. The molecule has 0 saturated carbocycles. The quantitative estimate of drug-likeness (QED) is 0.597. The molecule has 0 aliphatic carbocycles. The highest BCUT2D eigenvalue weighted by molar-refractivity contribution is 5.91. The third kappa shape index (κ3) is 4.35. The maximum atomic E-state index is 12.3. The Labute approximate surface area is 139 Å². The van der Waals surface area contributed by atoms with Gasteiger partial charge in [-0.3, -0.25) is 9.69 Å². The normalized spacial score (nSPS) is 22.0. The van der Waals surface area contributed by atoms with Gasteiger partial charge >= 0.3 is 0 Å². The maximum Gasteiger partial charge on any atom is 0.288 e. The van der Waals surface area contributed by atoms with Crippen molar-refractivity contribution >= 4 is 5.91 Å². The third-order valence-electron chi connectivity index (χ3n) is 4.89. The van der Waals surface area contributed by atoms with Crippen molar-refractivity contribution in [2.45, 2.75) is 38.8 Å². The summed E-state index contributed by atoms with van der Waals surface area (Å²) in [5, 5.41) is 0. The van der Waals surface area contributed by atoms with Crippen molar-refractivity contribution in [3.05, 3.63) is 48.2 Å². The number of piperazine rings is 1. The van der Waals surface area contributed by atoms with Gasteiger partial charge in [-0.05, 0) is 38.8 Å². The lowest BCUT2D eigenvalue weighted by atomic mass is 10.0. The molecule has 2 unspecified atom stereocenters. The molecule has 0 spiro atoms. The molecule has 1 fully saturated rings. The molecular weight excluding hydrogens is 288 g/mol. The molecule has 4 nitrogen and oxygen atoms in total. The van der Waals surface area contributed by atoms with E-state index in [0.29, 0.717) is 6.04 Å². The van der Waals surface area contributed by atoms with Gasteiger partial charge in [-0.15, -0.1) is 0 Å². The Balaban J connectivity index is 1.85. The lowest BCUT2D eigenvalue weighted by molar-refractivity contribution is -0.136. The summed E-state index contributed by atoms with van der Waals surface area (Å²) in [6.45, 7) is 10.7. The van der Waals surface area contributed by atoms with Crippen LogP contribution in [0.25, 0.3) is 0 Å². The van der Waals surface area contributed by atoms with Gasteiger partial charge in [0, 0.05) is 25.2 Å². The average Bonchev–Trinajstić information content (AvgIpc) is 2.58. The molecule has 1 aliphatic heterocycles. The van der Waals surface area contributed by atoms with Crippen LogP contribution in [0.15, 0.2) is 42.7 Å². The number of benzene rings is 1. The summed E-state index contributed by atoms with van der Waals surface area (Å²) in [7, 11) is 1.49. The fraction of sp³-hybridized carbons (Fsp3) is 0.526. The van der Waals surface area contributed by atoms with E-state index in [-0.39, 0.29) is 17.7 Å². The fourth-order valence-corrected chi connectivity index (χ4v) is 3.19. The van der Waals surface area contributed by atoms with Crippen LogP contribution in [0.2, 0.25) is 0 Å². The minimum Gasteiger partial charge on any atom is -0.492 e. The predicted octanol–water partition coefficient (Wildman–Crippen LogP) is 2.70. The number of hydrogen-bond acceptors (Lipinski definition) is 3. The van der Waals surface area contributed by atoms with Crippen LogP contribution in [0.4, 0.5) is 0 Å². The number of rotatable bonds is 6. The largest absolute Gasteiger partial charge is 0.492 e. The second kappa shape index (κ2) is 8.16. The molecule has 1 aliphatic rings. The summed E-state index contributed by atoms with van der Waals surface area (Å²) in [6, 6.07) is 11.1. The molecule has 0 radical (unpaired) electrons. The lowest BCUT2D eigenvalue weighted by Gasteiger charge is -2.45. The molecule has 1 heterocycles. The van der Waals surface area contributed by atoms with E-state index in [1.807, 2.05) is 4.90 Å². The summed E-state index contributed by atoms with van der Waals surface area (Å²) in [5.41, 5.74) is 1.39. The van der Waals surface area contributed by atoms with E-state index in [1.54, 1.807) is 0 Å². The van der Waals surface area contributed by atoms with Crippen LogP contribution in [-0.4, -0.2) is 54.5 Å². The van der Waals surface area contributed by atoms with Crippen LogP contribution in [0, 0.1) is 0 Å². The molecule has 1 aromatic carbocycles. The molecule has 0 bridgehead atoms. The second-order valence-corrected chi connectivity index (χ2v) is 6.23. The van der Waals surface area contributed by atoms with Crippen molar-refractivity contribution in [3.63, 3.8) is 0 Å². The van der Waals surface area contributed by atoms with E-state index in [0.717, 1.165) is 32.5 Å². The molecule has 2 rings (SSSR count). The SMILES string of the molecule is C=C(OC)C(=O)N1CCN(CCCc2ccccc2)C(C)C1C. The van der Waals surface area contributed by atoms with E-state index in [9.17, 15) is 4.79 Å². The van der Waals surface area contributed by atoms with Gasteiger partial charge in [0.05, 0.1) is 7.11 Å². The highest BCUT2D eigenvalue weighted by Gasteiger charge is 2.34. The minimum atomic E-state index is -0.0872. The number of ether oxygens (including phenoxy) is 1. The molecule has 1 amide bonds. The zero-order valence-electron chi connectivity index (χ0n) is 14.5. The molecule has 23 heavy (non-hydrogen) atoms. The van der Waals surface area contributed by atoms with Gasteiger partial charge in [0.2, 0.25) is 0 Å². The maximum absolute atomic E-state index is 12.3.